The third-order valence-corrected chi connectivity index (χ3v) is 5.39. The summed E-state index contributed by atoms with van der Waals surface area (Å²) >= 11 is 1.50. The fraction of sp³-hybridized carbons (Fsp3) is 0.533. The first-order chi connectivity index (χ1) is 11.3. The highest BCUT2D eigenvalue weighted by atomic mass is 32.2. The topological polar surface area (TPSA) is 78.3 Å². The van der Waals surface area contributed by atoms with Crippen LogP contribution in [0.1, 0.15) is 29.2 Å². The Labute approximate surface area is 138 Å². The van der Waals surface area contributed by atoms with Crippen molar-refractivity contribution in [3.05, 3.63) is 30.0 Å². The Bertz CT molecular complexity index is 671. The van der Waals surface area contributed by atoms with Crippen molar-refractivity contribution >= 4 is 17.7 Å². The number of fused-ring (bicyclic) bond motifs is 1. The van der Waals surface area contributed by atoms with Crippen LogP contribution >= 0.6 is 11.8 Å². The van der Waals surface area contributed by atoms with Crippen LogP contribution in [0.25, 0.3) is 0 Å². The third kappa shape index (κ3) is 3.13. The second kappa shape index (κ2) is 6.37. The average molecular weight is 333 g/mol. The van der Waals surface area contributed by atoms with Gasteiger partial charge in [-0.3, -0.25) is 14.8 Å². The van der Waals surface area contributed by atoms with Crippen molar-refractivity contribution in [1.29, 1.82) is 0 Å². The van der Waals surface area contributed by atoms with Gasteiger partial charge >= 0.3 is 0 Å². The Hall–Kier alpha value is -1.80. The molecule has 2 aromatic rings. The van der Waals surface area contributed by atoms with E-state index in [1.54, 1.807) is 6.07 Å². The maximum atomic E-state index is 12.6. The van der Waals surface area contributed by atoms with Gasteiger partial charge in [0.1, 0.15) is 12.1 Å². The van der Waals surface area contributed by atoms with E-state index < -0.39 is 0 Å². The lowest BCUT2D eigenvalue weighted by Gasteiger charge is -2.37. The molecule has 0 radical (unpaired) electrons. The molecule has 122 valence electrons. The Balaban J connectivity index is 1.37. The molecule has 1 atom stereocenters. The second-order valence-electron chi connectivity index (χ2n) is 5.93. The monoisotopic (exact) mass is 333 g/mol. The van der Waals surface area contributed by atoms with Gasteiger partial charge in [-0.2, -0.15) is 5.10 Å². The molecule has 2 aliphatic heterocycles. The molecule has 0 spiro atoms. The molecule has 0 aliphatic carbocycles. The first kappa shape index (κ1) is 14.8. The minimum atomic E-state index is 0.00691. The smallest absolute Gasteiger partial charge is 0.289 e. The van der Waals surface area contributed by atoms with Crippen LogP contribution in [0.4, 0.5) is 0 Å². The van der Waals surface area contributed by atoms with Gasteiger partial charge < -0.3 is 9.32 Å². The van der Waals surface area contributed by atoms with E-state index in [0.717, 1.165) is 30.6 Å². The number of H-pyrrole nitrogens is 1. The van der Waals surface area contributed by atoms with E-state index in [1.807, 2.05) is 11.0 Å². The van der Waals surface area contributed by atoms with E-state index in [9.17, 15) is 4.79 Å². The first-order valence-electron chi connectivity index (χ1n) is 7.90. The molecule has 0 aromatic carbocycles. The fourth-order valence-electron chi connectivity index (χ4n) is 3.31. The number of nitrogens with one attached hydrogen (secondary N) is 1. The van der Waals surface area contributed by atoms with Gasteiger partial charge in [-0.05, 0) is 31.5 Å². The van der Waals surface area contributed by atoms with Crippen LogP contribution in [0.5, 0.6) is 0 Å². The first-order valence-corrected chi connectivity index (χ1v) is 8.88. The number of nitrogens with zero attached hydrogens (tertiary/aromatic N) is 4. The molecule has 23 heavy (non-hydrogen) atoms. The van der Waals surface area contributed by atoms with Crippen LogP contribution in [0, 0.1) is 0 Å². The summed E-state index contributed by atoms with van der Waals surface area (Å²) in [7, 11) is 0. The van der Waals surface area contributed by atoms with Gasteiger partial charge in [0.05, 0.1) is 5.75 Å². The van der Waals surface area contributed by atoms with Crippen LogP contribution in [-0.4, -0.2) is 63.1 Å². The Morgan fingerprint density at radius 3 is 3.22 bits per heavy atom. The minimum absolute atomic E-state index is 0.00691. The van der Waals surface area contributed by atoms with Gasteiger partial charge in [0.25, 0.3) is 5.91 Å². The van der Waals surface area contributed by atoms with E-state index in [-0.39, 0.29) is 5.91 Å². The standard InChI is InChI=1S/C15H19N5O2S/c21-14(20-7-6-19-5-1-2-11(19)8-20)13-4-3-12(22-13)9-23-15-16-10-17-18-15/h3-4,10-11H,1-2,5-9H2,(H,16,17,18)/t11-/m0/s1. The maximum absolute atomic E-state index is 12.6. The highest BCUT2D eigenvalue weighted by molar-refractivity contribution is 7.98. The lowest BCUT2D eigenvalue weighted by Crippen LogP contribution is -2.51. The van der Waals surface area contributed by atoms with Crippen molar-refractivity contribution in [3.63, 3.8) is 0 Å². The lowest BCUT2D eigenvalue weighted by atomic mass is 10.1. The number of thioether (sulfide) groups is 1. The van der Waals surface area contributed by atoms with Crippen molar-refractivity contribution in [2.45, 2.75) is 29.8 Å². The molecular weight excluding hydrogens is 314 g/mol. The predicted molar refractivity (Wildman–Crippen MR) is 85.2 cm³/mol. The molecule has 0 bridgehead atoms. The van der Waals surface area contributed by atoms with Gasteiger partial charge in [0, 0.05) is 25.7 Å². The molecule has 0 unspecified atom stereocenters. The van der Waals surface area contributed by atoms with E-state index in [4.69, 9.17) is 4.42 Å². The number of hydrogen-bond donors (Lipinski definition) is 1. The van der Waals surface area contributed by atoms with Crippen molar-refractivity contribution in [1.82, 2.24) is 25.0 Å². The van der Waals surface area contributed by atoms with Gasteiger partial charge in [0.15, 0.2) is 10.9 Å². The number of piperazine rings is 1. The predicted octanol–water partition coefficient (Wildman–Crippen LogP) is 1.61. The van der Waals surface area contributed by atoms with Crippen LogP contribution in [0.2, 0.25) is 0 Å². The van der Waals surface area contributed by atoms with Crippen LogP contribution in [0.3, 0.4) is 0 Å². The molecule has 2 aromatic heterocycles. The Morgan fingerprint density at radius 2 is 2.35 bits per heavy atom. The number of amides is 1. The number of aromatic nitrogens is 3. The molecule has 1 N–H and O–H groups in total. The highest BCUT2D eigenvalue weighted by Gasteiger charge is 2.33. The third-order valence-electron chi connectivity index (χ3n) is 4.49. The molecule has 2 aliphatic rings. The molecular formula is C15H19N5O2S. The molecule has 8 heteroatoms. The lowest BCUT2D eigenvalue weighted by molar-refractivity contribution is 0.0540. The number of rotatable bonds is 4. The SMILES string of the molecule is O=C(c1ccc(CSc2ncn[nH]2)o1)N1CCN2CCC[C@H]2C1. The van der Waals surface area contributed by atoms with Crippen molar-refractivity contribution in [2.75, 3.05) is 26.2 Å². The van der Waals surface area contributed by atoms with E-state index in [1.165, 1.54) is 37.5 Å². The van der Waals surface area contributed by atoms with Crippen LogP contribution in [0.15, 0.2) is 28.0 Å². The van der Waals surface area contributed by atoms with E-state index >= 15 is 0 Å². The van der Waals surface area contributed by atoms with Crippen molar-refractivity contribution < 1.29 is 9.21 Å². The van der Waals surface area contributed by atoms with Crippen LogP contribution < -0.4 is 0 Å². The second-order valence-corrected chi connectivity index (χ2v) is 6.89. The molecule has 7 nitrogen and oxygen atoms in total. The molecule has 2 saturated heterocycles. The minimum Gasteiger partial charge on any atom is -0.455 e. The molecule has 0 saturated carbocycles. The zero-order chi connectivity index (χ0) is 15.6. The fourth-order valence-corrected chi connectivity index (χ4v) is 3.98. The summed E-state index contributed by atoms with van der Waals surface area (Å²) in [4.78, 5) is 21.1. The maximum Gasteiger partial charge on any atom is 0.289 e. The Morgan fingerprint density at radius 1 is 1.39 bits per heavy atom. The van der Waals surface area contributed by atoms with Crippen molar-refractivity contribution in [2.24, 2.45) is 0 Å². The molecule has 4 heterocycles. The molecule has 2 fully saturated rings. The average Bonchev–Trinajstić information content (AvgIpc) is 3.31. The van der Waals surface area contributed by atoms with Gasteiger partial charge in [-0.25, -0.2) is 4.98 Å². The number of hydrogen-bond acceptors (Lipinski definition) is 6. The summed E-state index contributed by atoms with van der Waals surface area (Å²) in [6.07, 6.45) is 3.92. The zero-order valence-corrected chi connectivity index (χ0v) is 13.6. The summed E-state index contributed by atoms with van der Waals surface area (Å²) in [6.45, 7) is 3.77. The summed E-state index contributed by atoms with van der Waals surface area (Å²) in [5.74, 6) is 1.84. The Kier molecular flexibility index (Phi) is 4.09. The normalized spacial score (nSPS) is 21.6. The number of furan rings is 1. The van der Waals surface area contributed by atoms with E-state index in [2.05, 4.69) is 20.1 Å². The van der Waals surface area contributed by atoms with Crippen LogP contribution in [-0.2, 0) is 5.75 Å². The van der Waals surface area contributed by atoms with Gasteiger partial charge in [-0.15, -0.1) is 0 Å². The van der Waals surface area contributed by atoms with Crippen molar-refractivity contribution in [3.8, 4) is 0 Å². The van der Waals surface area contributed by atoms with E-state index in [0.29, 0.717) is 17.6 Å². The summed E-state index contributed by atoms with van der Waals surface area (Å²) in [5, 5.41) is 7.34. The number of aromatic amines is 1. The largest absolute Gasteiger partial charge is 0.455 e. The number of carbonyl (C=O) groups is 1. The quantitative estimate of drug-likeness (QED) is 0.857. The summed E-state index contributed by atoms with van der Waals surface area (Å²) in [6, 6.07) is 4.17. The summed E-state index contributed by atoms with van der Waals surface area (Å²) < 4.78 is 5.72. The summed E-state index contributed by atoms with van der Waals surface area (Å²) in [5.41, 5.74) is 0. The molecule has 1 amide bonds. The van der Waals surface area contributed by atoms with Gasteiger partial charge in [0.2, 0.25) is 0 Å². The van der Waals surface area contributed by atoms with Gasteiger partial charge in [-0.1, -0.05) is 11.8 Å². The number of carbonyl (C=O) groups excluding carboxylic acids is 1. The molecule has 4 rings (SSSR count). The highest BCUT2D eigenvalue weighted by Crippen LogP contribution is 2.24. The zero-order valence-electron chi connectivity index (χ0n) is 12.8.